The van der Waals surface area contributed by atoms with E-state index in [0.29, 0.717) is 35.1 Å². The summed E-state index contributed by atoms with van der Waals surface area (Å²) in [6.07, 6.45) is 10.6. The van der Waals surface area contributed by atoms with Gasteiger partial charge in [0.1, 0.15) is 6.10 Å². The number of benzene rings is 3. The Morgan fingerprint density at radius 1 is 0.590 bits per heavy atom. The van der Waals surface area contributed by atoms with Crippen molar-refractivity contribution >= 4 is 0 Å². The minimum atomic E-state index is -0.934. The van der Waals surface area contributed by atoms with Crippen molar-refractivity contribution in [3.63, 3.8) is 0 Å². The Balaban J connectivity index is 1.15. The molecule has 0 aromatic heterocycles. The molecule has 3 aliphatic rings. The fourth-order valence-electron chi connectivity index (χ4n) is 6.95. The zero-order chi connectivity index (χ0) is 27.1. The molecule has 3 aromatic carbocycles. The van der Waals surface area contributed by atoms with Gasteiger partial charge in [-0.25, -0.2) is 17.6 Å². The van der Waals surface area contributed by atoms with E-state index >= 15 is 8.78 Å². The average molecular weight is 535 g/mol. The van der Waals surface area contributed by atoms with E-state index in [1.807, 2.05) is 0 Å². The van der Waals surface area contributed by atoms with Crippen LogP contribution in [0.25, 0.3) is 22.3 Å². The van der Waals surface area contributed by atoms with Crippen LogP contribution in [0, 0.1) is 41.0 Å². The van der Waals surface area contributed by atoms with E-state index in [0.717, 1.165) is 31.6 Å². The summed E-state index contributed by atoms with van der Waals surface area (Å²) >= 11 is 0. The Hall–Kier alpha value is -2.92. The van der Waals surface area contributed by atoms with E-state index < -0.39 is 23.3 Å². The molecule has 0 N–H and O–H groups in total. The maximum atomic E-state index is 15.3. The molecule has 3 aromatic rings. The van der Waals surface area contributed by atoms with Crippen molar-refractivity contribution in [2.75, 3.05) is 6.61 Å². The van der Waals surface area contributed by atoms with Crippen LogP contribution in [0.15, 0.2) is 61.2 Å². The van der Waals surface area contributed by atoms with Crippen molar-refractivity contribution in [1.29, 1.82) is 0 Å². The first kappa shape index (κ1) is 26.3. The predicted molar refractivity (Wildman–Crippen MR) is 146 cm³/mol. The molecule has 0 radical (unpaired) electrons. The highest BCUT2D eigenvalue weighted by atomic mass is 19.2. The van der Waals surface area contributed by atoms with Crippen LogP contribution in [0.2, 0.25) is 0 Å². The first-order chi connectivity index (χ1) is 18.9. The number of hydrogen-bond donors (Lipinski definition) is 0. The number of halogens is 4. The fourth-order valence-corrected chi connectivity index (χ4v) is 6.95. The Morgan fingerprint density at radius 2 is 1.05 bits per heavy atom. The highest BCUT2D eigenvalue weighted by Crippen LogP contribution is 2.45. The number of epoxide rings is 1. The Labute approximate surface area is 227 Å². The second kappa shape index (κ2) is 10.9. The maximum absolute atomic E-state index is 15.3. The Kier molecular flexibility index (Phi) is 7.37. The summed E-state index contributed by atoms with van der Waals surface area (Å²) in [6, 6.07) is 12.9. The van der Waals surface area contributed by atoms with Crippen LogP contribution in [0.3, 0.4) is 0 Å². The van der Waals surface area contributed by atoms with Gasteiger partial charge < -0.3 is 4.74 Å². The molecule has 2 aliphatic carbocycles. The smallest absolute Gasteiger partial charge is 0.167 e. The second-order valence-corrected chi connectivity index (χ2v) is 11.6. The van der Waals surface area contributed by atoms with Crippen LogP contribution >= 0.6 is 0 Å². The Bertz CT molecular complexity index is 1340. The zero-order valence-electron chi connectivity index (χ0n) is 22.1. The highest BCUT2D eigenvalue weighted by molar-refractivity contribution is 5.71. The van der Waals surface area contributed by atoms with Gasteiger partial charge in [-0.2, -0.15) is 0 Å². The molecule has 1 saturated heterocycles. The molecule has 1 nitrogen and oxygen atoms in total. The second-order valence-electron chi connectivity index (χ2n) is 11.6. The van der Waals surface area contributed by atoms with E-state index in [2.05, 4.69) is 12.7 Å². The van der Waals surface area contributed by atoms with Crippen molar-refractivity contribution < 1.29 is 22.3 Å². The van der Waals surface area contributed by atoms with Crippen molar-refractivity contribution in [2.24, 2.45) is 17.8 Å². The molecule has 2 saturated carbocycles. The molecule has 1 aliphatic heterocycles. The van der Waals surface area contributed by atoms with Gasteiger partial charge in [0.05, 0.1) is 6.61 Å². The summed E-state index contributed by atoms with van der Waals surface area (Å²) in [7, 11) is 0. The van der Waals surface area contributed by atoms with Gasteiger partial charge in [0, 0.05) is 16.7 Å². The van der Waals surface area contributed by atoms with Crippen LogP contribution in [0.5, 0.6) is 0 Å². The third kappa shape index (κ3) is 5.18. The van der Waals surface area contributed by atoms with E-state index in [1.54, 1.807) is 36.4 Å². The quantitative estimate of drug-likeness (QED) is 0.174. The van der Waals surface area contributed by atoms with E-state index in [-0.39, 0.29) is 28.7 Å². The van der Waals surface area contributed by atoms with Gasteiger partial charge in [-0.1, -0.05) is 54.6 Å². The van der Waals surface area contributed by atoms with Gasteiger partial charge in [-0.15, -0.1) is 6.58 Å². The van der Waals surface area contributed by atoms with Crippen LogP contribution in [-0.2, 0) is 4.74 Å². The summed E-state index contributed by atoms with van der Waals surface area (Å²) in [5.74, 6) is -1.32. The van der Waals surface area contributed by atoms with Crippen LogP contribution in [-0.4, -0.2) is 6.61 Å². The molecule has 1 heterocycles. The topological polar surface area (TPSA) is 12.5 Å². The SMILES string of the molecule is C=CC1CCC(C2CCC(c3ccc(-c4ccc(-c5ccc(C6CO6)c(F)c5F)cc4)c(F)c3F)CC2)CC1. The molecule has 0 spiro atoms. The lowest BCUT2D eigenvalue weighted by Crippen LogP contribution is -2.25. The van der Waals surface area contributed by atoms with Gasteiger partial charge in [0.2, 0.25) is 0 Å². The minimum absolute atomic E-state index is 0.0403. The van der Waals surface area contributed by atoms with Crippen molar-refractivity contribution in [2.45, 2.75) is 63.4 Å². The van der Waals surface area contributed by atoms with Crippen LogP contribution in [0.1, 0.15) is 74.5 Å². The summed E-state index contributed by atoms with van der Waals surface area (Å²) in [6.45, 7) is 4.33. The lowest BCUT2D eigenvalue weighted by atomic mass is 9.68. The summed E-state index contributed by atoms with van der Waals surface area (Å²) in [5.41, 5.74) is 1.93. The van der Waals surface area contributed by atoms with E-state index in [1.165, 1.54) is 37.8 Å². The fraction of sp³-hybridized carbons (Fsp3) is 0.412. The number of rotatable bonds is 6. The third-order valence-corrected chi connectivity index (χ3v) is 9.44. The molecular formula is C34H34F4O. The van der Waals surface area contributed by atoms with Gasteiger partial charge in [-0.3, -0.25) is 0 Å². The monoisotopic (exact) mass is 534 g/mol. The number of hydrogen-bond acceptors (Lipinski definition) is 1. The molecule has 204 valence electrons. The summed E-state index contributed by atoms with van der Waals surface area (Å²) in [4.78, 5) is 0. The van der Waals surface area contributed by atoms with Crippen LogP contribution < -0.4 is 0 Å². The normalized spacial score (nSPS) is 26.8. The lowest BCUT2D eigenvalue weighted by Gasteiger charge is -2.37. The van der Waals surface area contributed by atoms with Crippen molar-refractivity contribution in [3.05, 3.63) is 95.6 Å². The minimum Gasteiger partial charge on any atom is -0.368 e. The largest absolute Gasteiger partial charge is 0.368 e. The first-order valence-corrected chi connectivity index (χ1v) is 14.2. The predicted octanol–water partition coefficient (Wildman–Crippen LogP) is 9.91. The third-order valence-electron chi connectivity index (χ3n) is 9.44. The molecule has 0 bridgehead atoms. The van der Waals surface area contributed by atoms with Crippen LogP contribution in [0.4, 0.5) is 17.6 Å². The molecule has 3 fully saturated rings. The van der Waals surface area contributed by atoms with Gasteiger partial charge in [0.15, 0.2) is 23.3 Å². The average Bonchev–Trinajstić information content (AvgIpc) is 3.82. The maximum Gasteiger partial charge on any atom is 0.167 e. The van der Waals surface area contributed by atoms with E-state index in [4.69, 9.17) is 4.74 Å². The van der Waals surface area contributed by atoms with Crippen molar-refractivity contribution in [1.82, 2.24) is 0 Å². The lowest BCUT2D eigenvalue weighted by molar-refractivity contribution is 0.171. The van der Waals surface area contributed by atoms with Gasteiger partial charge in [-0.05, 0) is 91.7 Å². The molecular weight excluding hydrogens is 500 g/mol. The highest BCUT2D eigenvalue weighted by Gasteiger charge is 2.33. The Morgan fingerprint density at radius 3 is 1.54 bits per heavy atom. The summed E-state index contributed by atoms with van der Waals surface area (Å²) in [5, 5.41) is 0. The summed E-state index contributed by atoms with van der Waals surface area (Å²) < 4.78 is 64.9. The molecule has 1 atom stereocenters. The first-order valence-electron chi connectivity index (χ1n) is 14.2. The molecule has 1 unspecified atom stereocenters. The standard InChI is InChI=1S/C34H34F4O/c1-2-20-3-5-21(6-4-20)22-7-9-23(10-8-22)26-15-16-27(32(36)31(26)35)24-11-13-25(14-12-24)28-17-18-29(30-19-39-30)34(38)33(28)37/h2,11-18,20-23,30H,1,3-10,19H2. The molecule has 0 amide bonds. The van der Waals surface area contributed by atoms with Crippen molar-refractivity contribution in [3.8, 4) is 22.3 Å². The molecule has 5 heteroatoms. The number of allylic oxidation sites excluding steroid dienone is 1. The van der Waals surface area contributed by atoms with Gasteiger partial charge in [0.25, 0.3) is 0 Å². The molecule has 6 rings (SSSR count). The zero-order valence-corrected chi connectivity index (χ0v) is 22.1. The van der Waals surface area contributed by atoms with E-state index in [9.17, 15) is 8.78 Å². The van der Waals surface area contributed by atoms with Gasteiger partial charge >= 0.3 is 0 Å². The molecule has 39 heavy (non-hydrogen) atoms. The number of ether oxygens (including phenoxy) is 1.